The summed E-state index contributed by atoms with van der Waals surface area (Å²) in [7, 11) is 3.34. The maximum atomic E-state index is 12.9. The molecule has 1 aliphatic rings. The molecular weight excluding hydrogens is 326 g/mol. The number of morpholine rings is 1. The quantitative estimate of drug-likeness (QED) is 0.860. The van der Waals surface area contributed by atoms with Crippen molar-refractivity contribution in [3.63, 3.8) is 0 Å². The van der Waals surface area contributed by atoms with E-state index in [4.69, 9.17) is 14.0 Å². The number of amides is 1. The number of aromatic nitrogens is 3. The molecular formula is C16H21N5O4. The summed E-state index contributed by atoms with van der Waals surface area (Å²) in [4.78, 5) is 23.2. The number of aryl methyl sites for hydroxylation is 1. The van der Waals surface area contributed by atoms with Crippen LogP contribution in [0.3, 0.4) is 0 Å². The minimum Gasteiger partial charge on any atom is -0.380 e. The Morgan fingerprint density at radius 2 is 2.24 bits per heavy atom. The second kappa shape index (κ2) is 7.58. The number of ether oxygens (including phenoxy) is 2. The van der Waals surface area contributed by atoms with Crippen molar-refractivity contribution in [3.05, 3.63) is 35.1 Å². The van der Waals surface area contributed by atoms with Crippen molar-refractivity contribution < 1.29 is 18.8 Å². The Hall–Kier alpha value is -2.52. The lowest BCUT2D eigenvalue weighted by molar-refractivity contribution is -0.0249. The highest BCUT2D eigenvalue weighted by atomic mass is 16.5. The van der Waals surface area contributed by atoms with Gasteiger partial charge < -0.3 is 24.2 Å². The predicted molar refractivity (Wildman–Crippen MR) is 88.1 cm³/mol. The van der Waals surface area contributed by atoms with Gasteiger partial charge in [-0.05, 0) is 6.92 Å². The SMILES string of the molecule is CNc1nccnc1[C@@H]1CN(C(=O)c2noc(C)c2COC)CCO1. The highest BCUT2D eigenvalue weighted by molar-refractivity contribution is 5.93. The molecule has 2 aromatic rings. The van der Waals surface area contributed by atoms with Gasteiger partial charge in [0.15, 0.2) is 5.69 Å². The fourth-order valence-electron chi connectivity index (χ4n) is 2.80. The Balaban J connectivity index is 1.81. The second-order valence-electron chi connectivity index (χ2n) is 5.65. The summed E-state index contributed by atoms with van der Waals surface area (Å²) in [5.41, 5.74) is 1.63. The van der Waals surface area contributed by atoms with Crippen molar-refractivity contribution in [3.8, 4) is 0 Å². The summed E-state index contributed by atoms with van der Waals surface area (Å²) in [6, 6.07) is 0. The molecule has 1 N–H and O–H groups in total. The Morgan fingerprint density at radius 3 is 3.00 bits per heavy atom. The number of rotatable bonds is 5. The van der Waals surface area contributed by atoms with Crippen LogP contribution in [0.2, 0.25) is 0 Å². The molecule has 2 aromatic heterocycles. The van der Waals surface area contributed by atoms with Crippen LogP contribution >= 0.6 is 0 Å². The number of hydrogen-bond acceptors (Lipinski definition) is 8. The lowest BCUT2D eigenvalue weighted by Gasteiger charge is -2.32. The van der Waals surface area contributed by atoms with Gasteiger partial charge in [0.05, 0.1) is 25.3 Å². The first-order chi connectivity index (χ1) is 12.2. The number of anilines is 1. The van der Waals surface area contributed by atoms with E-state index in [2.05, 4.69) is 20.4 Å². The molecule has 0 aromatic carbocycles. The van der Waals surface area contributed by atoms with E-state index < -0.39 is 0 Å². The van der Waals surface area contributed by atoms with Crippen LogP contribution in [0.4, 0.5) is 5.82 Å². The third-order valence-corrected chi connectivity index (χ3v) is 4.10. The van der Waals surface area contributed by atoms with E-state index in [-0.39, 0.29) is 24.3 Å². The summed E-state index contributed by atoms with van der Waals surface area (Å²) >= 11 is 0. The van der Waals surface area contributed by atoms with Gasteiger partial charge in [-0.1, -0.05) is 5.16 Å². The molecule has 134 valence electrons. The average molecular weight is 347 g/mol. The van der Waals surface area contributed by atoms with Gasteiger partial charge in [-0.2, -0.15) is 0 Å². The maximum Gasteiger partial charge on any atom is 0.276 e. The second-order valence-corrected chi connectivity index (χ2v) is 5.65. The van der Waals surface area contributed by atoms with E-state index in [1.54, 1.807) is 38.4 Å². The van der Waals surface area contributed by atoms with Gasteiger partial charge in [-0.15, -0.1) is 0 Å². The minimum absolute atomic E-state index is 0.202. The van der Waals surface area contributed by atoms with Crippen LogP contribution in [0.1, 0.15) is 33.6 Å². The van der Waals surface area contributed by atoms with Gasteiger partial charge in [-0.25, -0.2) is 4.98 Å². The van der Waals surface area contributed by atoms with Crippen LogP contribution < -0.4 is 5.32 Å². The molecule has 1 aliphatic heterocycles. The van der Waals surface area contributed by atoms with Gasteiger partial charge >= 0.3 is 0 Å². The third kappa shape index (κ3) is 3.47. The monoisotopic (exact) mass is 347 g/mol. The number of carbonyl (C=O) groups excluding carboxylic acids is 1. The molecule has 3 heterocycles. The minimum atomic E-state index is -0.354. The fourth-order valence-corrected chi connectivity index (χ4v) is 2.80. The first-order valence-electron chi connectivity index (χ1n) is 7.99. The molecule has 9 nitrogen and oxygen atoms in total. The van der Waals surface area contributed by atoms with Gasteiger partial charge in [0.2, 0.25) is 0 Å². The van der Waals surface area contributed by atoms with Crippen LogP contribution in [0.5, 0.6) is 0 Å². The van der Waals surface area contributed by atoms with Crippen LogP contribution in [0.15, 0.2) is 16.9 Å². The van der Waals surface area contributed by atoms with E-state index in [0.717, 1.165) is 0 Å². The van der Waals surface area contributed by atoms with Crippen molar-refractivity contribution in [2.45, 2.75) is 19.6 Å². The summed E-state index contributed by atoms with van der Waals surface area (Å²) in [6.07, 6.45) is 2.86. The smallest absolute Gasteiger partial charge is 0.276 e. The molecule has 3 rings (SSSR count). The van der Waals surface area contributed by atoms with Gasteiger partial charge in [0.25, 0.3) is 5.91 Å². The van der Waals surface area contributed by atoms with Crippen molar-refractivity contribution in [1.29, 1.82) is 0 Å². The lowest BCUT2D eigenvalue weighted by Crippen LogP contribution is -2.43. The number of nitrogens with one attached hydrogen (secondary N) is 1. The standard InChI is InChI=1S/C16H21N5O4/c1-10-11(9-23-3)13(20-25-10)16(22)21-6-7-24-12(8-21)14-15(17-2)19-5-4-18-14/h4-5,12H,6-9H2,1-3H3,(H,17,19)/t12-/m0/s1. The highest BCUT2D eigenvalue weighted by Gasteiger charge is 2.31. The Bertz CT molecular complexity index is 748. The van der Waals surface area contributed by atoms with Crippen LogP contribution in [0.25, 0.3) is 0 Å². The molecule has 9 heteroatoms. The zero-order chi connectivity index (χ0) is 17.8. The molecule has 1 atom stereocenters. The van der Waals surface area contributed by atoms with E-state index in [1.165, 1.54) is 0 Å². The average Bonchev–Trinajstić information content (AvgIpc) is 3.02. The maximum absolute atomic E-state index is 12.9. The van der Waals surface area contributed by atoms with Gasteiger partial charge in [-0.3, -0.25) is 9.78 Å². The van der Waals surface area contributed by atoms with Crippen LogP contribution in [-0.4, -0.2) is 59.8 Å². The normalized spacial score (nSPS) is 17.6. The molecule has 0 aliphatic carbocycles. The fraction of sp³-hybridized carbons (Fsp3) is 0.500. The molecule has 1 amide bonds. The van der Waals surface area contributed by atoms with Crippen molar-refractivity contribution in [1.82, 2.24) is 20.0 Å². The first-order valence-corrected chi connectivity index (χ1v) is 7.99. The van der Waals surface area contributed by atoms with Crippen LogP contribution in [0, 0.1) is 6.92 Å². The van der Waals surface area contributed by atoms with Crippen molar-refractivity contribution >= 4 is 11.7 Å². The first kappa shape index (κ1) is 17.3. The highest BCUT2D eigenvalue weighted by Crippen LogP contribution is 2.26. The van der Waals surface area contributed by atoms with Gasteiger partial charge in [0.1, 0.15) is 23.4 Å². The molecule has 0 spiro atoms. The largest absolute Gasteiger partial charge is 0.380 e. The van der Waals surface area contributed by atoms with E-state index >= 15 is 0 Å². The molecule has 25 heavy (non-hydrogen) atoms. The number of nitrogens with zero attached hydrogens (tertiary/aromatic N) is 4. The number of methoxy groups -OCH3 is 1. The summed E-state index contributed by atoms with van der Waals surface area (Å²) in [5.74, 6) is 1.02. The Labute approximate surface area is 145 Å². The van der Waals surface area contributed by atoms with E-state index in [9.17, 15) is 4.79 Å². The molecule has 0 unspecified atom stereocenters. The number of hydrogen-bond donors (Lipinski definition) is 1. The topological polar surface area (TPSA) is 103 Å². The zero-order valence-electron chi connectivity index (χ0n) is 14.5. The number of carbonyl (C=O) groups is 1. The van der Waals surface area contributed by atoms with Gasteiger partial charge in [0, 0.05) is 33.1 Å². The van der Waals surface area contributed by atoms with Crippen molar-refractivity contribution in [2.75, 3.05) is 39.2 Å². The van der Waals surface area contributed by atoms with E-state index in [0.29, 0.717) is 42.5 Å². The summed E-state index contributed by atoms with van der Waals surface area (Å²) in [5, 5.41) is 6.91. The lowest BCUT2D eigenvalue weighted by atomic mass is 10.1. The molecule has 1 saturated heterocycles. The van der Waals surface area contributed by atoms with Crippen molar-refractivity contribution in [2.24, 2.45) is 0 Å². The zero-order valence-corrected chi connectivity index (χ0v) is 14.5. The molecule has 0 radical (unpaired) electrons. The Kier molecular flexibility index (Phi) is 5.25. The van der Waals surface area contributed by atoms with E-state index in [1.807, 2.05) is 0 Å². The predicted octanol–water partition coefficient (Wildman–Crippen LogP) is 1.17. The molecule has 0 bridgehead atoms. The third-order valence-electron chi connectivity index (χ3n) is 4.10. The van der Waals surface area contributed by atoms with Crippen LogP contribution in [-0.2, 0) is 16.1 Å². The molecule has 1 fully saturated rings. The Morgan fingerprint density at radius 1 is 1.44 bits per heavy atom. The summed E-state index contributed by atoms with van der Waals surface area (Å²) in [6.45, 7) is 3.29. The molecule has 0 saturated carbocycles. The summed E-state index contributed by atoms with van der Waals surface area (Å²) < 4.78 is 16.1.